The summed E-state index contributed by atoms with van der Waals surface area (Å²) in [7, 11) is 0. The first kappa shape index (κ1) is 14.8. The first-order valence-electron chi connectivity index (χ1n) is 6.99. The number of pyridine rings is 1. The molecule has 3 heterocycles. The van der Waals surface area contributed by atoms with Gasteiger partial charge in [0.05, 0.1) is 24.5 Å². The van der Waals surface area contributed by atoms with Crippen LogP contribution in [0, 0.1) is 0 Å². The molecule has 0 radical (unpaired) electrons. The molecule has 1 unspecified atom stereocenters. The Labute approximate surface area is 132 Å². The van der Waals surface area contributed by atoms with Crippen molar-refractivity contribution in [2.45, 2.75) is 18.9 Å². The van der Waals surface area contributed by atoms with Crippen LogP contribution in [0.25, 0.3) is 0 Å². The van der Waals surface area contributed by atoms with Gasteiger partial charge in [0.2, 0.25) is 0 Å². The summed E-state index contributed by atoms with van der Waals surface area (Å²) in [4.78, 5) is 15.6. The summed E-state index contributed by atoms with van der Waals surface area (Å²) in [5, 5.41) is 7.88. The SMILES string of the molecule is NC(=O)c1cn(C2CCCOC2)nc1Nc1ccc(Cl)nc1. The molecule has 3 rings (SSSR count). The second-order valence-corrected chi connectivity index (χ2v) is 5.49. The molecule has 116 valence electrons. The molecule has 1 aliphatic heterocycles. The number of aromatic nitrogens is 3. The van der Waals surface area contributed by atoms with Gasteiger partial charge in [-0.05, 0) is 25.0 Å². The zero-order chi connectivity index (χ0) is 15.5. The van der Waals surface area contributed by atoms with Gasteiger partial charge in [-0.1, -0.05) is 11.6 Å². The minimum absolute atomic E-state index is 0.116. The third kappa shape index (κ3) is 3.20. The van der Waals surface area contributed by atoms with Gasteiger partial charge in [-0.25, -0.2) is 4.98 Å². The van der Waals surface area contributed by atoms with Crippen LogP contribution in [-0.4, -0.2) is 33.9 Å². The maximum Gasteiger partial charge on any atom is 0.254 e. The topological polar surface area (TPSA) is 95.1 Å². The molecule has 1 saturated heterocycles. The third-order valence-corrected chi connectivity index (χ3v) is 3.72. The molecule has 0 bridgehead atoms. The number of amides is 1. The average Bonchev–Trinajstić information content (AvgIpc) is 2.95. The Hall–Kier alpha value is -2.12. The Kier molecular flexibility index (Phi) is 4.26. The predicted octanol–water partition coefficient (Wildman–Crippen LogP) is 2.13. The summed E-state index contributed by atoms with van der Waals surface area (Å²) >= 11 is 5.76. The standard InChI is InChI=1S/C14H16ClN5O2/c15-12-4-3-9(6-17-12)18-14-11(13(16)21)7-20(19-14)10-2-1-5-22-8-10/h3-4,6-7,10H,1-2,5,8H2,(H2,16,21)(H,18,19). The van der Waals surface area contributed by atoms with Crippen molar-refractivity contribution in [2.75, 3.05) is 18.5 Å². The number of nitrogens with two attached hydrogens (primary N) is 1. The van der Waals surface area contributed by atoms with Crippen LogP contribution in [-0.2, 0) is 4.74 Å². The van der Waals surface area contributed by atoms with E-state index in [-0.39, 0.29) is 6.04 Å². The van der Waals surface area contributed by atoms with Crippen molar-refractivity contribution in [1.29, 1.82) is 0 Å². The number of anilines is 2. The third-order valence-electron chi connectivity index (χ3n) is 3.50. The molecule has 7 nitrogen and oxygen atoms in total. The molecule has 1 aliphatic rings. The monoisotopic (exact) mass is 321 g/mol. The quantitative estimate of drug-likeness (QED) is 0.841. The highest BCUT2D eigenvalue weighted by molar-refractivity contribution is 6.29. The van der Waals surface area contributed by atoms with E-state index < -0.39 is 5.91 Å². The number of carbonyl (C=O) groups is 1. The van der Waals surface area contributed by atoms with Gasteiger partial charge in [0.15, 0.2) is 5.82 Å². The summed E-state index contributed by atoms with van der Waals surface area (Å²) in [5.41, 5.74) is 6.45. The summed E-state index contributed by atoms with van der Waals surface area (Å²) in [6.07, 6.45) is 5.16. The van der Waals surface area contributed by atoms with Gasteiger partial charge in [0, 0.05) is 12.8 Å². The van der Waals surface area contributed by atoms with E-state index in [4.69, 9.17) is 22.1 Å². The number of rotatable bonds is 4. The lowest BCUT2D eigenvalue weighted by Gasteiger charge is -2.22. The number of primary amides is 1. The Bertz CT molecular complexity index is 664. The molecule has 0 spiro atoms. The second kappa shape index (κ2) is 6.33. The van der Waals surface area contributed by atoms with Crippen molar-refractivity contribution in [2.24, 2.45) is 5.73 Å². The largest absolute Gasteiger partial charge is 0.379 e. The maximum atomic E-state index is 11.6. The molecule has 2 aromatic rings. The molecule has 0 aliphatic carbocycles. The van der Waals surface area contributed by atoms with E-state index in [0.717, 1.165) is 19.4 Å². The number of carbonyl (C=O) groups excluding carboxylic acids is 1. The van der Waals surface area contributed by atoms with Crippen molar-refractivity contribution in [3.63, 3.8) is 0 Å². The first-order chi connectivity index (χ1) is 10.6. The summed E-state index contributed by atoms with van der Waals surface area (Å²) < 4.78 is 7.20. The number of nitrogens with zero attached hydrogens (tertiary/aromatic N) is 3. The van der Waals surface area contributed by atoms with Gasteiger partial charge >= 0.3 is 0 Å². The summed E-state index contributed by atoms with van der Waals surface area (Å²) in [6, 6.07) is 3.52. The fourth-order valence-electron chi connectivity index (χ4n) is 2.37. The molecule has 2 aromatic heterocycles. The second-order valence-electron chi connectivity index (χ2n) is 5.10. The van der Waals surface area contributed by atoms with Crippen LogP contribution in [0.5, 0.6) is 0 Å². The molecule has 1 amide bonds. The summed E-state index contributed by atoms with van der Waals surface area (Å²) in [6.45, 7) is 1.35. The zero-order valence-electron chi connectivity index (χ0n) is 11.8. The van der Waals surface area contributed by atoms with E-state index >= 15 is 0 Å². The number of ether oxygens (including phenoxy) is 1. The van der Waals surface area contributed by atoms with E-state index in [0.29, 0.717) is 28.8 Å². The maximum absolute atomic E-state index is 11.6. The van der Waals surface area contributed by atoms with Crippen molar-refractivity contribution < 1.29 is 9.53 Å². The van der Waals surface area contributed by atoms with E-state index in [1.807, 2.05) is 0 Å². The number of nitrogens with one attached hydrogen (secondary N) is 1. The van der Waals surface area contributed by atoms with Crippen LogP contribution < -0.4 is 11.1 Å². The van der Waals surface area contributed by atoms with Crippen molar-refractivity contribution >= 4 is 29.0 Å². The van der Waals surface area contributed by atoms with Crippen LogP contribution in [0.1, 0.15) is 29.2 Å². The molecule has 1 fully saturated rings. The zero-order valence-corrected chi connectivity index (χ0v) is 12.6. The smallest absolute Gasteiger partial charge is 0.254 e. The minimum Gasteiger partial charge on any atom is -0.379 e. The average molecular weight is 322 g/mol. The highest BCUT2D eigenvalue weighted by atomic mass is 35.5. The van der Waals surface area contributed by atoms with Crippen LogP contribution >= 0.6 is 11.6 Å². The van der Waals surface area contributed by atoms with Gasteiger partial charge in [0.1, 0.15) is 10.7 Å². The van der Waals surface area contributed by atoms with E-state index in [2.05, 4.69) is 15.4 Å². The Balaban J connectivity index is 1.86. The lowest BCUT2D eigenvalue weighted by molar-refractivity contribution is 0.0550. The van der Waals surface area contributed by atoms with Crippen molar-refractivity contribution in [1.82, 2.24) is 14.8 Å². The van der Waals surface area contributed by atoms with Crippen molar-refractivity contribution in [3.8, 4) is 0 Å². The van der Waals surface area contributed by atoms with Crippen molar-refractivity contribution in [3.05, 3.63) is 35.2 Å². The normalized spacial score (nSPS) is 18.1. The molecule has 0 aromatic carbocycles. The minimum atomic E-state index is -0.535. The molecule has 3 N–H and O–H groups in total. The Morgan fingerprint density at radius 2 is 2.36 bits per heavy atom. The van der Waals surface area contributed by atoms with E-state index in [1.165, 1.54) is 0 Å². The van der Waals surface area contributed by atoms with Crippen LogP contribution in [0.15, 0.2) is 24.5 Å². The number of halogens is 1. The van der Waals surface area contributed by atoms with Crippen LogP contribution in [0.2, 0.25) is 5.15 Å². The molecular weight excluding hydrogens is 306 g/mol. The highest BCUT2D eigenvalue weighted by Gasteiger charge is 2.21. The fraction of sp³-hybridized carbons (Fsp3) is 0.357. The van der Waals surface area contributed by atoms with Gasteiger partial charge in [-0.2, -0.15) is 5.10 Å². The molecule has 8 heteroatoms. The van der Waals surface area contributed by atoms with Crippen LogP contribution in [0.4, 0.5) is 11.5 Å². The van der Waals surface area contributed by atoms with E-state index in [9.17, 15) is 4.79 Å². The van der Waals surface area contributed by atoms with Gasteiger partial charge < -0.3 is 15.8 Å². The highest BCUT2D eigenvalue weighted by Crippen LogP contribution is 2.24. The predicted molar refractivity (Wildman–Crippen MR) is 82.4 cm³/mol. The van der Waals surface area contributed by atoms with E-state index in [1.54, 1.807) is 29.2 Å². The van der Waals surface area contributed by atoms with Crippen LogP contribution in [0.3, 0.4) is 0 Å². The molecule has 0 saturated carbocycles. The Morgan fingerprint density at radius 3 is 3.00 bits per heavy atom. The molecule has 22 heavy (non-hydrogen) atoms. The molecule has 1 atom stereocenters. The lowest BCUT2D eigenvalue weighted by Crippen LogP contribution is -2.21. The van der Waals surface area contributed by atoms with Gasteiger partial charge in [-0.15, -0.1) is 0 Å². The number of hydrogen-bond donors (Lipinski definition) is 2. The van der Waals surface area contributed by atoms with Gasteiger partial charge in [-0.3, -0.25) is 9.48 Å². The Morgan fingerprint density at radius 1 is 1.50 bits per heavy atom. The lowest BCUT2D eigenvalue weighted by atomic mass is 10.1. The molecular formula is C14H16ClN5O2. The van der Waals surface area contributed by atoms with Gasteiger partial charge in [0.25, 0.3) is 5.91 Å². The summed E-state index contributed by atoms with van der Waals surface area (Å²) in [5.74, 6) is -0.130. The first-order valence-corrected chi connectivity index (χ1v) is 7.36. The number of hydrogen-bond acceptors (Lipinski definition) is 5. The fourth-order valence-corrected chi connectivity index (χ4v) is 2.48.